The first kappa shape index (κ1) is 22.3. The molecule has 34 heavy (non-hydrogen) atoms. The molecule has 2 aromatic carbocycles. The van der Waals surface area contributed by atoms with Crippen LogP contribution < -0.4 is 10.2 Å². The largest absolute Gasteiger partial charge is 0.378 e. The topological polar surface area (TPSA) is 59.4 Å². The van der Waals surface area contributed by atoms with E-state index in [1.54, 1.807) is 23.0 Å². The van der Waals surface area contributed by atoms with Crippen LogP contribution in [0.2, 0.25) is 0 Å². The number of rotatable bonds is 6. The van der Waals surface area contributed by atoms with Crippen LogP contribution in [0.1, 0.15) is 21.1 Å². The van der Waals surface area contributed by atoms with E-state index < -0.39 is 0 Å². The van der Waals surface area contributed by atoms with Crippen molar-refractivity contribution < 1.29 is 13.9 Å². The molecular weight excluding hydrogens is 451 g/mol. The van der Waals surface area contributed by atoms with Crippen LogP contribution in [0.15, 0.2) is 67.0 Å². The molecule has 6 nitrogen and oxygen atoms in total. The smallest absolute Gasteiger partial charge is 0.261 e. The molecule has 1 saturated heterocycles. The second-order valence-corrected chi connectivity index (χ2v) is 9.14. The lowest BCUT2D eigenvalue weighted by atomic mass is 10.1. The fraction of sp³-hybridized carbons (Fsp3) is 0.231. The van der Waals surface area contributed by atoms with Crippen LogP contribution in [-0.2, 0) is 11.3 Å². The van der Waals surface area contributed by atoms with Crippen molar-refractivity contribution in [3.8, 4) is 16.8 Å². The minimum Gasteiger partial charge on any atom is -0.378 e. The molecule has 5 rings (SSSR count). The fourth-order valence-corrected chi connectivity index (χ4v) is 5.23. The van der Waals surface area contributed by atoms with Gasteiger partial charge in [0.05, 0.1) is 28.8 Å². The van der Waals surface area contributed by atoms with E-state index >= 15 is 0 Å². The Hall–Kier alpha value is -3.49. The molecule has 0 aliphatic carbocycles. The molecule has 1 fully saturated rings. The lowest BCUT2D eigenvalue weighted by molar-refractivity contribution is 0.0955. The maximum Gasteiger partial charge on any atom is 0.261 e. The molecule has 3 heterocycles. The van der Waals surface area contributed by atoms with Gasteiger partial charge >= 0.3 is 0 Å². The van der Waals surface area contributed by atoms with Gasteiger partial charge in [0.2, 0.25) is 0 Å². The van der Waals surface area contributed by atoms with E-state index in [4.69, 9.17) is 4.74 Å². The summed E-state index contributed by atoms with van der Waals surface area (Å²) >= 11 is 1.48. The summed E-state index contributed by atoms with van der Waals surface area (Å²) in [5, 5.41) is 4.02. The second kappa shape index (κ2) is 9.79. The molecule has 1 amide bonds. The number of morpholine rings is 1. The molecule has 0 bridgehead atoms. The van der Waals surface area contributed by atoms with Crippen molar-refractivity contribution in [2.75, 3.05) is 31.2 Å². The Bertz CT molecular complexity index is 1300. The van der Waals surface area contributed by atoms with Crippen molar-refractivity contribution in [1.29, 1.82) is 0 Å². The number of imidazole rings is 1. The molecule has 0 spiro atoms. The molecule has 2 aromatic heterocycles. The molecule has 0 unspecified atom stereocenters. The Morgan fingerprint density at radius 3 is 2.65 bits per heavy atom. The Balaban J connectivity index is 1.34. The molecule has 0 saturated carbocycles. The van der Waals surface area contributed by atoms with Crippen LogP contribution in [0, 0.1) is 12.7 Å². The average Bonchev–Trinajstić information content (AvgIpc) is 3.51. The number of carbonyl (C=O) groups is 1. The second-order valence-electron chi connectivity index (χ2n) is 8.11. The molecule has 1 aliphatic heterocycles. The zero-order valence-corrected chi connectivity index (χ0v) is 19.6. The van der Waals surface area contributed by atoms with Gasteiger partial charge in [0.25, 0.3) is 5.91 Å². The van der Waals surface area contributed by atoms with Crippen molar-refractivity contribution >= 4 is 22.2 Å². The summed E-state index contributed by atoms with van der Waals surface area (Å²) in [7, 11) is 0. The highest BCUT2D eigenvalue weighted by Crippen LogP contribution is 2.39. The maximum absolute atomic E-state index is 14.7. The highest BCUT2D eigenvalue weighted by Gasteiger charge is 2.22. The van der Waals surface area contributed by atoms with Crippen LogP contribution in [0.5, 0.6) is 0 Å². The van der Waals surface area contributed by atoms with Gasteiger partial charge in [-0.1, -0.05) is 36.4 Å². The Labute approximate surface area is 201 Å². The minimum atomic E-state index is -0.357. The zero-order chi connectivity index (χ0) is 23.5. The normalized spacial score (nSPS) is 13.8. The monoisotopic (exact) mass is 476 g/mol. The Morgan fingerprint density at radius 1 is 1.15 bits per heavy atom. The fourth-order valence-electron chi connectivity index (χ4n) is 4.08. The van der Waals surface area contributed by atoms with Gasteiger partial charge in [0.1, 0.15) is 11.6 Å². The average molecular weight is 477 g/mol. The first-order chi connectivity index (χ1) is 16.6. The van der Waals surface area contributed by atoms with Gasteiger partial charge in [-0.2, -0.15) is 0 Å². The number of anilines is 1. The summed E-state index contributed by atoms with van der Waals surface area (Å²) in [4.78, 5) is 20.1. The van der Waals surface area contributed by atoms with E-state index in [-0.39, 0.29) is 18.3 Å². The number of ether oxygens (including phenoxy) is 1. The van der Waals surface area contributed by atoms with Crippen molar-refractivity contribution in [3.63, 3.8) is 0 Å². The molecule has 8 heteroatoms. The van der Waals surface area contributed by atoms with Crippen LogP contribution in [0.4, 0.5) is 9.39 Å². The first-order valence-corrected chi connectivity index (χ1v) is 12.0. The minimum absolute atomic E-state index is 0.170. The number of hydrogen-bond acceptors (Lipinski definition) is 5. The van der Waals surface area contributed by atoms with Crippen molar-refractivity contribution in [2.24, 2.45) is 0 Å². The maximum atomic E-state index is 14.7. The molecule has 0 radical (unpaired) electrons. The zero-order valence-electron chi connectivity index (χ0n) is 18.8. The molecule has 4 aromatic rings. The third-order valence-corrected chi connectivity index (χ3v) is 7.06. The summed E-state index contributed by atoms with van der Waals surface area (Å²) in [5.41, 5.74) is 3.25. The molecule has 174 valence electrons. The van der Waals surface area contributed by atoms with Gasteiger partial charge in [0.15, 0.2) is 0 Å². The summed E-state index contributed by atoms with van der Waals surface area (Å²) in [6, 6.07) is 17.0. The third kappa shape index (κ3) is 4.60. The molecule has 1 aliphatic rings. The summed E-state index contributed by atoms with van der Waals surface area (Å²) in [5.74, 6) is 0.185. The first-order valence-electron chi connectivity index (χ1n) is 11.2. The van der Waals surface area contributed by atoms with E-state index in [1.165, 1.54) is 17.4 Å². The summed E-state index contributed by atoms with van der Waals surface area (Å²) in [6.07, 6.45) is 3.36. The SMILES string of the molecule is Cc1nccn1-c1ccc(CNC(=O)c2cc(-c3ccccc3)c(N3CCOCC3)s2)cc1F. The number of thiophene rings is 1. The number of halogens is 1. The van der Waals surface area contributed by atoms with E-state index in [1.807, 2.05) is 37.3 Å². The Kier molecular flexibility index (Phi) is 6.42. The third-order valence-electron chi connectivity index (χ3n) is 5.87. The highest BCUT2D eigenvalue weighted by molar-refractivity contribution is 7.18. The van der Waals surface area contributed by atoms with Gasteiger partial charge in [-0.3, -0.25) is 4.79 Å². The lowest BCUT2D eigenvalue weighted by Gasteiger charge is -2.28. The molecule has 0 atom stereocenters. The standard InChI is InChI=1S/C26H25FN4O2S/c1-18-28-9-10-31(18)23-8-7-19(15-22(23)27)17-29-25(32)24-16-21(20-5-3-2-4-6-20)26(34-24)30-11-13-33-14-12-30/h2-10,15-16H,11-14,17H2,1H3,(H,29,32). The van der Waals surface area contributed by atoms with E-state index in [2.05, 4.69) is 27.3 Å². The van der Waals surface area contributed by atoms with Crippen molar-refractivity contribution in [1.82, 2.24) is 14.9 Å². The number of hydrogen-bond donors (Lipinski definition) is 1. The number of nitrogens with zero attached hydrogens (tertiary/aromatic N) is 3. The molecular formula is C26H25FN4O2S. The van der Waals surface area contributed by atoms with Gasteiger partial charge in [-0.25, -0.2) is 9.37 Å². The lowest BCUT2D eigenvalue weighted by Crippen LogP contribution is -2.35. The van der Waals surface area contributed by atoms with E-state index in [0.717, 1.165) is 29.2 Å². The van der Waals surface area contributed by atoms with Gasteiger partial charge in [-0.15, -0.1) is 11.3 Å². The van der Waals surface area contributed by atoms with Crippen LogP contribution in [0.25, 0.3) is 16.8 Å². The molecule has 1 N–H and O–H groups in total. The quantitative estimate of drug-likeness (QED) is 0.434. The van der Waals surface area contributed by atoms with Crippen LogP contribution >= 0.6 is 11.3 Å². The number of nitrogens with one attached hydrogen (secondary N) is 1. The van der Waals surface area contributed by atoms with Crippen molar-refractivity contribution in [3.05, 3.63) is 89.1 Å². The van der Waals surface area contributed by atoms with Gasteiger partial charge < -0.3 is 19.5 Å². The van der Waals surface area contributed by atoms with E-state index in [0.29, 0.717) is 35.2 Å². The number of benzene rings is 2. The van der Waals surface area contributed by atoms with Gasteiger partial charge in [-0.05, 0) is 36.2 Å². The number of aromatic nitrogens is 2. The predicted molar refractivity (Wildman–Crippen MR) is 132 cm³/mol. The Morgan fingerprint density at radius 2 is 1.94 bits per heavy atom. The van der Waals surface area contributed by atoms with Gasteiger partial charge in [0, 0.05) is 37.6 Å². The van der Waals surface area contributed by atoms with Crippen LogP contribution in [0.3, 0.4) is 0 Å². The number of amides is 1. The summed E-state index contributed by atoms with van der Waals surface area (Å²) in [6.45, 7) is 5.00. The summed E-state index contributed by atoms with van der Waals surface area (Å²) < 4.78 is 21.9. The van der Waals surface area contributed by atoms with E-state index in [9.17, 15) is 9.18 Å². The number of aryl methyl sites for hydroxylation is 1. The number of carbonyl (C=O) groups excluding carboxylic acids is 1. The predicted octanol–water partition coefficient (Wildman–Crippen LogP) is 4.81. The highest BCUT2D eigenvalue weighted by atomic mass is 32.1. The van der Waals surface area contributed by atoms with Crippen LogP contribution in [-0.4, -0.2) is 41.8 Å². The van der Waals surface area contributed by atoms with Crippen molar-refractivity contribution in [2.45, 2.75) is 13.5 Å².